The summed E-state index contributed by atoms with van der Waals surface area (Å²) in [5, 5.41) is 2.09. The average molecular weight is 196 g/mol. The number of furan rings is 1. The molecule has 0 unspecified atom stereocenters. The van der Waals surface area contributed by atoms with Crippen LogP contribution in [0.15, 0.2) is 38.5 Å². The Kier molecular flexibility index (Phi) is 2.23. The number of hydrogen-bond acceptors (Lipinski definition) is 3. The molecule has 0 saturated heterocycles. The Morgan fingerprint density at radius 3 is 3.00 bits per heavy atom. The highest BCUT2D eigenvalue weighted by Gasteiger charge is 2.06. The van der Waals surface area contributed by atoms with Crippen molar-refractivity contribution in [3.05, 3.63) is 29.8 Å². The van der Waals surface area contributed by atoms with Crippen LogP contribution in [-0.4, -0.2) is 6.26 Å². The minimum absolute atomic E-state index is 0.959. The van der Waals surface area contributed by atoms with Crippen molar-refractivity contribution in [2.45, 2.75) is 4.21 Å². The van der Waals surface area contributed by atoms with Crippen LogP contribution < -0.4 is 0 Å². The van der Waals surface area contributed by atoms with Gasteiger partial charge in [0.15, 0.2) is 0 Å². The van der Waals surface area contributed by atoms with Crippen molar-refractivity contribution >= 4 is 23.1 Å². The summed E-state index contributed by atoms with van der Waals surface area (Å²) in [6, 6.07) is 5.99. The largest absolute Gasteiger partial charge is 0.464 e. The van der Waals surface area contributed by atoms with Crippen LogP contribution in [0.4, 0.5) is 0 Å². The Labute approximate surface area is 79.4 Å². The first-order valence-electron chi connectivity index (χ1n) is 3.57. The van der Waals surface area contributed by atoms with E-state index in [0.29, 0.717) is 0 Å². The van der Waals surface area contributed by atoms with Crippen LogP contribution in [-0.2, 0) is 0 Å². The van der Waals surface area contributed by atoms with E-state index < -0.39 is 0 Å². The van der Waals surface area contributed by atoms with Gasteiger partial charge in [-0.2, -0.15) is 0 Å². The number of thiophene rings is 1. The zero-order valence-electron chi connectivity index (χ0n) is 6.61. The van der Waals surface area contributed by atoms with E-state index in [1.165, 1.54) is 9.77 Å². The van der Waals surface area contributed by atoms with E-state index in [2.05, 4.69) is 17.7 Å². The van der Waals surface area contributed by atoms with Crippen LogP contribution in [0.2, 0.25) is 0 Å². The molecule has 2 heterocycles. The van der Waals surface area contributed by atoms with Gasteiger partial charge in [-0.25, -0.2) is 0 Å². The van der Waals surface area contributed by atoms with Crippen LogP contribution >= 0.6 is 23.1 Å². The molecule has 2 aromatic heterocycles. The van der Waals surface area contributed by atoms with E-state index in [9.17, 15) is 0 Å². The molecule has 0 aliphatic carbocycles. The summed E-state index contributed by atoms with van der Waals surface area (Å²) >= 11 is 3.51. The SMILES string of the molecule is CSc1sccc1-c1ccco1. The van der Waals surface area contributed by atoms with E-state index in [1.54, 1.807) is 29.4 Å². The normalized spacial score (nSPS) is 10.4. The molecule has 2 aromatic rings. The lowest BCUT2D eigenvalue weighted by atomic mass is 10.3. The van der Waals surface area contributed by atoms with Gasteiger partial charge in [0.2, 0.25) is 0 Å². The molecular weight excluding hydrogens is 188 g/mol. The fourth-order valence-corrected chi connectivity index (χ4v) is 2.63. The van der Waals surface area contributed by atoms with Crippen molar-refractivity contribution in [2.24, 2.45) is 0 Å². The Bertz CT molecular complexity index is 348. The number of thioether (sulfide) groups is 1. The summed E-state index contributed by atoms with van der Waals surface area (Å²) in [5.74, 6) is 0.959. The predicted octanol–water partition coefficient (Wildman–Crippen LogP) is 3.73. The van der Waals surface area contributed by atoms with Crippen molar-refractivity contribution < 1.29 is 4.42 Å². The van der Waals surface area contributed by atoms with E-state index in [0.717, 1.165) is 5.76 Å². The molecule has 0 aliphatic rings. The highest BCUT2D eigenvalue weighted by atomic mass is 32.2. The Balaban J connectivity index is 2.46. The lowest BCUT2D eigenvalue weighted by molar-refractivity contribution is 0.581. The zero-order chi connectivity index (χ0) is 8.39. The van der Waals surface area contributed by atoms with Crippen LogP contribution in [0, 0.1) is 0 Å². The molecule has 3 heteroatoms. The van der Waals surface area contributed by atoms with Gasteiger partial charge in [-0.3, -0.25) is 0 Å². The standard InChI is InChI=1S/C9H8OS2/c1-11-9-7(4-6-12-9)8-3-2-5-10-8/h2-6H,1H3. The molecule has 0 radical (unpaired) electrons. The molecule has 0 N–H and O–H groups in total. The summed E-state index contributed by atoms with van der Waals surface area (Å²) in [6.45, 7) is 0. The molecule has 0 spiro atoms. The second-order valence-corrected chi connectivity index (χ2v) is 4.29. The molecule has 0 amide bonds. The van der Waals surface area contributed by atoms with Crippen molar-refractivity contribution in [3.63, 3.8) is 0 Å². The van der Waals surface area contributed by atoms with E-state index >= 15 is 0 Å². The lowest BCUT2D eigenvalue weighted by Gasteiger charge is -1.94. The quantitative estimate of drug-likeness (QED) is 0.679. The highest BCUT2D eigenvalue weighted by molar-refractivity contribution is 8.00. The van der Waals surface area contributed by atoms with E-state index in [4.69, 9.17) is 4.42 Å². The van der Waals surface area contributed by atoms with Crippen LogP contribution in [0.3, 0.4) is 0 Å². The van der Waals surface area contributed by atoms with Gasteiger partial charge in [0.05, 0.1) is 10.5 Å². The molecule has 0 bridgehead atoms. The molecule has 0 aromatic carbocycles. The van der Waals surface area contributed by atoms with Crippen molar-refractivity contribution in [2.75, 3.05) is 6.26 Å². The average Bonchev–Trinajstić information content (AvgIpc) is 2.74. The topological polar surface area (TPSA) is 13.1 Å². The van der Waals surface area contributed by atoms with E-state index in [1.807, 2.05) is 12.1 Å². The van der Waals surface area contributed by atoms with Crippen molar-refractivity contribution in [1.29, 1.82) is 0 Å². The first-order valence-corrected chi connectivity index (χ1v) is 5.67. The highest BCUT2D eigenvalue weighted by Crippen LogP contribution is 2.34. The first-order chi connectivity index (χ1) is 5.92. The Hall–Kier alpha value is -0.670. The second kappa shape index (κ2) is 3.37. The van der Waals surface area contributed by atoms with Crippen LogP contribution in [0.25, 0.3) is 11.3 Å². The molecule has 1 nitrogen and oxygen atoms in total. The minimum Gasteiger partial charge on any atom is -0.464 e. The third kappa shape index (κ3) is 1.30. The molecule has 0 fully saturated rings. The second-order valence-electron chi connectivity index (χ2n) is 2.30. The van der Waals surface area contributed by atoms with Gasteiger partial charge in [-0.05, 0) is 29.8 Å². The van der Waals surface area contributed by atoms with Gasteiger partial charge in [0.1, 0.15) is 5.76 Å². The number of rotatable bonds is 2. The van der Waals surface area contributed by atoms with Gasteiger partial charge in [0, 0.05) is 5.56 Å². The van der Waals surface area contributed by atoms with Gasteiger partial charge in [-0.1, -0.05) is 0 Å². The van der Waals surface area contributed by atoms with Crippen LogP contribution in [0.5, 0.6) is 0 Å². The van der Waals surface area contributed by atoms with Gasteiger partial charge < -0.3 is 4.42 Å². The summed E-state index contributed by atoms with van der Waals surface area (Å²) in [6.07, 6.45) is 3.79. The maximum Gasteiger partial charge on any atom is 0.135 e. The Morgan fingerprint density at radius 1 is 1.42 bits per heavy atom. The molecule has 0 aliphatic heterocycles. The fraction of sp³-hybridized carbons (Fsp3) is 0.111. The summed E-state index contributed by atoms with van der Waals surface area (Å²) < 4.78 is 6.62. The van der Waals surface area contributed by atoms with Gasteiger partial charge in [0.25, 0.3) is 0 Å². The summed E-state index contributed by atoms with van der Waals surface area (Å²) in [4.78, 5) is 0. The van der Waals surface area contributed by atoms with Gasteiger partial charge in [-0.15, -0.1) is 23.1 Å². The molecular formula is C9H8OS2. The molecule has 12 heavy (non-hydrogen) atoms. The smallest absolute Gasteiger partial charge is 0.135 e. The first kappa shape index (κ1) is 7.95. The van der Waals surface area contributed by atoms with Crippen molar-refractivity contribution in [1.82, 2.24) is 0 Å². The summed E-state index contributed by atoms with van der Waals surface area (Å²) in [5.41, 5.74) is 1.21. The fourth-order valence-electron chi connectivity index (χ4n) is 1.07. The maximum atomic E-state index is 5.31. The number of hydrogen-bond donors (Lipinski definition) is 0. The molecule has 0 saturated carbocycles. The van der Waals surface area contributed by atoms with E-state index in [-0.39, 0.29) is 0 Å². The lowest BCUT2D eigenvalue weighted by Crippen LogP contribution is -1.68. The zero-order valence-corrected chi connectivity index (χ0v) is 8.24. The monoisotopic (exact) mass is 196 g/mol. The Morgan fingerprint density at radius 2 is 2.33 bits per heavy atom. The maximum absolute atomic E-state index is 5.31. The van der Waals surface area contributed by atoms with Gasteiger partial charge >= 0.3 is 0 Å². The minimum atomic E-state index is 0.959. The van der Waals surface area contributed by atoms with Crippen molar-refractivity contribution in [3.8, 4) is 11.3 Å². The summed E-state index contributed by atoms with van der Waals surface area (Å²) in [7, 11) is 0. The molecule has 62 valence electrons. The van der Waals surface area contributed by atoms with Crippen LogP contribution in [0.1, 0.15) is 0 Å². The predicted molar refractivity (Wildman–Crippen MR) is 53.8 cm³/mol. The molecule has 0 atom stereocenters. The molecule has 2 rings (SSSR count). The third-order valence-corrected chi connectivity index (χ3v) is 3.69. The third-order valence-electron chi connectivity index (χ3n) is 1.60.